The third-order valence-corrected chi connectivity index (χ3v) is 4.79. The molecule has 1 fully saturated rings. The van der Waals surface area contributed by atoms with Crippen molar-refractivity contribution >= 4 is 21.6 Å². The highest BCUT2D eigenvalue weighted by Gasteiger charge is 2.18. The normalized spacial score (nSPS) is 17.7. The molecule has 0 saturated carbocycles. The van der Waals surface area contributed by atoms with Crippen molar-refractivity contribution < 1.29 is 17.9 Å². The zero-order valence-corrected chi connectivity index (χ0v) is 14.0. The molecule has 1 aromatic rings. The molecule has 23 heavy (non-hydrogen) atoms. The molecule has 0 bridgehead atoms. The maximum Gasteiger partial charge on any atom is 0.251 e. The molecule has 6 nitrogen and oxygen atoms in total. The summed E-state index contributed by atoms with van der Waals surface area (Å²) in [5.74, 6) is -0.193. The Hall–Kier alpha value is -1.86. The van der Waals surface area contributed by atoms with Crippen molar-refractivity contribution in [2.45, 2.75) is 18.9 Å². The SMILES string of the molecule is C=CCN(c1ccc(C(=O)NC[C@H]2CCCO2)cc1)S(C)(=O)=O. The number of benzene rings is 1. The number of carbonyl (C=O) groups is 1. The van der Waals surface area contributed by atoms with Gasteiger partial charge in [0.25, 0.3) is 5.91 Å². The van der Waals surface area contributed by atoms with E-state index in [1.54, 1.807) is 24.3 Å². The highest BCUT2D eigenvalue weighted by atomic mass is 32.2. The molecule has 1 heterocycles. The van der Waals surface area contributed by atoms with E-state index in [1.807, 2.05) is 0 Å². The van der Waals surface area contributed by atoms with Gasteiger partial charge in [0.1, 0.15) is 0 Å². The van der Waals surface area contributed by atoms with Gasteiger partial charge >= 0.3 is 0 Å². The van der Waals surface area contributed by atoms with Crippen LogP contribution in [0.1, 0.15) is 23.2 Å². The van der Waals surface area contributed by atoms with Gasteiger partial charge in [0.05, 0.1) is 24.6 Å². The third-order valence-electron chi connectivity index (χ3n) is 3.63. The fourth-order valence-electron chi connectivity index (χ4n) is 2.44. The highest BCUT2D eigenvalue weighted by Crippen LogP contribution is 2.18. The molecule has 0 aromatic heterocycles. The van der Waals surface area contributed by atoms with Crippen LogP contribution in [-0.2, 0) is 14.8 Å². The van der Waals surface area contributed by atoms with Crippen LogP contribution >= 0.6 is 0 Å². The number of nitrogens with zero attached hydrogens (tertiary/aromatic N) is 1. The van der Waals surface area contributed by atoms with E-state index in [-0.39, 0.29) is 18.6 Å². The Bertz CT molecular complexity index is 649. The minimum absolute atomic E-state index is 0.0894. The molecule has 0 radical (unpaired) electrons. The molecule has 1 N–H and O–H groups in total. The van der Waals surface area contributed by atoms with Crippen LogP contribution in [0.3, 0.4) is 0 Å². The smallest absolute Gasteiger partial charge is 0.251 e. The third kappa shape index (κ3) is 4.80. The van der Waals surface area contributed by atoms with Crippen molar-refractivity contribution in [3.05, 3.63) is 42.5 Å². The Labute approximate surface area is 137 Å². The first-order chi connectivity index (χ1) is 10.9. The average Bonchev–Trinajstić information content (AvgIpc) is 3.03. The van der Waals surface area contributed by atoms with Crippen LogP contribution in [0.5, 0.6) is 0 Å². The van der Waals surface area contributed by atoms with Gasteiger partial charge in [0.15, 0.2) is 0 Å². The number of hydrogen-bond donors (Lipinski definition) is 1. The molecule has 1 aliphatic heterocycles. The van der Waals surface area contributed by atoms with Gasteiger partial charge in [0, 0.05) is 18.7 Å². The summed E-state index contributed by atoms with van der Waals surface area (Å²) < 4.78 is 30.2. The molecule has 1 aromatic carbocycles. The van der Waals surface area contributed by atoms with Crippen molar-refractivity contribution in [1.29, 1.82) is 0 Å². The Balaban J connectivity index is 2.02. The van der Waals surface area contributed by atoms with E-state index in [9.17, 15) is 13.2 Å². The van der Waals surface area contributed by atoms with Gasteiger partial charge in [-0.3, -0.25) is 9.10 Å². The first kappa shape index (κ1) is 17.5. The topological polar surface area (TPSA) is 75.7 Å². The molecule has 1 saturated heterocycles. The number of carbonyl (C=O) groups excluding carboxylic acids is 1. The summed E-state index contributed by atoms with van der Waals surface area (Å²) in [6, 6.07) is 6.46. The summed E-state index contributed by atoms with van der Waals surface area (Å²) in [6.45, 7) is 4.99. The molecule has 1 aliphatic rings. The summed E-state index contributed by atoms with van der Waals surface area (Å²) in [6.07, 6.45) is 4.73. The maximum absolute atomic E-state index is 12.1. The monoisotopic (exact) mass is 338 g/mol. The Morgan fingerprint density at radius 2 is 2.13 bits per heavy atom. The lowest BCUT2D eigenvalue weighted by Gasteiger charge is -2.20. The molecule has 2 rings (SSSR count). The van der Waals surface area contributed by atoms with Crippen LogP contribution in [0.15, 0.2) is 36.9 Å². The van der Waals surface area contributed by atoms with Gasteiger partial charge in [-0.25, -0.2) is 8.42 Å². The second kappa shape index (κ2) is 7.61. The number of amides is 1. The zero-order chi connectivity index (χ0) is 16.9. The van der Waals surface area contributed by atoms with E-state index >= 15 is 0 Å². The average molecular weight is 338 g/mol. The Kier molecular flexibility index (Phi) is 5.79. The van der Waals surface area contributed by atoms with Crippen LogP contribution in [0.25, 0.3) is 0 Å². The standard InChI is InChI=1S/C16H22N2O4S/c1-3-10-18(23(2,20)21)14-8-6-13(7-9-14)16(19)17-12-15-5-4-11-22-15/h3,6-9,15H,1,4-5,10-12H2,2H3,(H,17,19)/t15-/m1/s1. The Morgan fingerprint density at radius 1 is 1.43 bits per heavy atom. The van der Waals surface area contributed by atoms with E-state index in [4.69, 9.17) is 4.74 Å². The van der Waals surface area contributed by atoms with Crippen LogP contribution < -0.4 is 9.62 Å². The summed E-state index contributed by atoms with van der Waals surface area (Å²) in [7, 11) is -3.39. The number of anilines is 1. The zero-order valence-electron chi connectivity index (χ0n) is 13.2. The molecule has 0 aliphatic carbocycles. The quantitative estimate of drug-likeness (QED) is 0.765. The van der Waals surface area contributed by atoms with E-state index in [0.717, 1.165) is 25.7 Å². The maximum atomic E-state index is 12.1. The molecule has 0 spiro atoms. The summed E-state index contributed by atoms with van der Waals surface area (Å²) in [5.41, 5.74) is 0.988. The van der Waals surface area contributed by atoms with Crippen molar-refractivity contribution in [2.24, 2.45) is 0 Å². The van der Waals surface area contributed by atoms with E-state index in [2.05, 4.69) is 11.9 Å². The minimum Gasteiger partial charge on any atom is -0.376 e. The fourth-order valence-corrected chi connectivity index (χ4v) is 3.32. The Morgan fingerprint density at radius 3 is 2.65 bits per heavy atom. The molecular weight excluding hydrogens is 316 g/mol. The number of nitrogens with one attached hydrogen (secondary N) is 1. The molecular formula is C16H22N2O4S. The lowest BCUT2D eigenvalue weighted by Crippen LogP contribution is -2.32. The molecule has 7 heteroatoms. The van der Waals surface area contributed by atoms with Crippen molar-refractivity contribution in [1.82, 2.24) is 5.32 Å². The van der Waals surface area contributed by atoms with Gasteiger partial charge < -0.3 is 10.1 Å². The van der Waals surface area contributed by atoms with Crippen molar-refractivity contribution in [2.75, 3.05) is 30.3 Å². The molecule has 1 atom stereocenters. The van der Waals surface area contributed by atoms with Crippen LogP contribution in [0.4, 0.5) is 5.69 Å². The number of rotatable bonds is 7. The largest absolute Gasteiger partial charge is 0.376 e. The first-order valence-electron chi connectivity index (χ1n) is 7.50. The number of sulfonamides is 1. The second-order valence-corrected chi connectivity index (χ2v) is 7.38. The van der Waals surface area contributed by atoms with Gasteiger partial charge in [-0.15, -0.1) is 6.58 Å². The highest BCUT2D eigenvalue weighted by molar-refractivity contribution is 7.92. The lowest BCUT2D eigenvalue weighted by molar-refractivity contribution is 0.0858. The number of ether oxygens (including phenoxy) is 1. The fraction of sp³-hybridized carbons (Fsp3) is 0.438. The molecule has 0 unspecified atom stereocenters. The summed E-state index contributed by atoms with van der Waals surface area (Å²) >= 11 is 0. The van der Waals surface area contributed by atoms with Crippen molar-refractivity contribution in [3.63, 3.8) is 0 Å². The molecule has 126 valence electrons. The van der Waals surface area contributed by atoms with Gasteiger partial charge in [-0.05, 0) is 37.1 Å². The number of hydrogen-bond acceptors (Lipinski definition) is 4. The van der Waals surface area contributed by atoms with E-state index in [1.165, 1.54) is 10.4 Å². The van der Waals surface area contributed by atoms with Crippen LogP contribution in [0.2, 0.25) is 0 Å². The van der Waals surface area contributed by atoms with Gasteiger partial charge in [-0.1, -0.05) is 6.08 Å². The summed E-state index contributed by atoms with van der Waals surface area (Å²) in [5, 5.41) is 2.83. The van der Waals surface area contributed by atoms with E-state index < -0.39 is 10.0 Å². The minimum atomic E-state index is -3.39. The lowest BCUT2D eigenvalue weighted by atomic mass is 10.2. The predicted octanol–water partition coefficient (Wildman–Crippen LogP) is 1.55. The van der Waals surface area contributed by atoms with Gasteiger partial charge in [-0.2, -0.15) is 0 Å². The second-order valence-electron chi connectivity index (χ2n) is 5.47. The van der Waals surface area contributed by atoms with Crippen LogP contribution in [0, 0.1) is 0 Å². The van der Waals surface area contributed by atoms with Crippen LogP contribution in [-0.4, -0.2) is 46.4 Å². The van der Waals surface area contributed by atoms with Crippen molar-refractivity contribution in [3.8, 4) is 0 Å². The van der Waals surface area contributed by atoms with E-state index in [0.29, 0.717) is 17.8 Å². The summed E-state index contributed by atoms with van der Waals surface area (Å²) in [4.78, 5) is 12.1. The first-order valence-corrected chi connectivity index (χ1v) is 9.35. The van der Waals surface area contributed by atoms with Gasteiger partial charge in [0.2, 0.25) is 10.0 Å². The predicted molar refractivity (Wildman–Crippen MR) is 90.1 cm³/mol. The molecule has 1 amide bonds.